The van der Waals surface area contributed by atoms with Crippen LogP contribution in [0.25, 0.3) is 10.9 Å². The molecule has 4 rings (SSSR count). The van der Waals surface area contributed by atoms with Crippen LogP contribution in [0.5, 0.6) is 5.75 Å². The first kappa shape index (κ1) is 12.0. The number of hydrogen-bond acceptors (Lipinski definition) is 3. The third kappa shape index (κ3) is 2.01. The SMILES string of the molecule is Nc1ccc2cccc(OCC3C[C@H]4CC[C@H]3C4)c2n1. The number of aromatic nitrogens is 1. The zero-order valence-corrected chi connectivity index (χ0v) is 11.6. The van der Waals surface area contributed by atoms with Gasteiger partial charge < -0.3 is 10.5 Å². The fraction of sp³-hybridized carbons (Fsp3) is 0.471. The van der Waals surface area contributed by atoms with E-state index in [9.17, 15) is 0 Å². The quantitative estimate of drug-likeness (QED) is 0.924. The predicted octanol–water partition coefficient (Wildman–Crippen LogP) is 3.63. The smallest absolute Gasteiger partial charge is 0.145 e. The minimum Gasteiger partial charge on any atom is -0.491 e. The Morgan fingerprint density at radius 2 is 2.10 bits per heavy atom. The summed E-state index contributed by atoms with van der Waals surface area (Å²) in [6.45, 7) is 0.830. The summed E-state index contributed by atoms with van der Waals surface area (Å²) in [5.74, 6) is 4.03. The first-order valence-corrected chi connectivity index (χ1v) is 7.57. The molecule has 1 aromatic heterocycles. The van der Waals surface area contributed by atoms with Gasteiger partial charge in [0.15, 0.2) is 0 Å². The van der Waals surface area contributed by atoms with Crippen LogP contribution in [-0.4, -0.2) is 11.6 Å². The zero-order chi connectivity index (χ0) is 13.5. The molecule has 1 heterocycles. The van der Waals surface area contributed by atoms with Gasteiger partial charge in [0.2, 0.25) is 0 Å². The van der Waals surface area contributed by atoms with Crippen LogP contribution in [0.4, 0.5) is 5.82 Å². The van der Waals surface area contributed by atoms with Crippen molar-refractivity contribution in [2.75, 3.05) is 12.3 Å². The summed E-state index contributed by atoms with van der Waals surface area (Å²) < 4.78 is 6.09. The molecule has 20 heavy (non-hydrogen) atoms. The highest BCUT2D eigenvalue weighted by Crippen LogP contribution is 2.48. The lowest BCUT2D eigenvalue weighted by molar-refractivity contribution is 0.196. The van der Waals surface area contributed by atoms with Gasteiger partial charge in [-0.25, -0.2) is 4.98 Å². The van der Waals surface area contributed by atoms with Gasteiger partial charge in [-0.05, 0) is 55.2 Å². The van der Waals surface area contributed by atoms with E-state index in [-0.39, 0.29) is 0 Å². The van der Waals surface area contributed by atoms with Crippen molar-refractivity contribution in [1.29, 1.82) is 0 Å². The minimum absolute atomic E-state index is 0.550. The van der Waals surface area contributed by atoms with E-state index in [2.05, 4.69) is 4.98 Å². The van der Waals surface area contributed by atoms with Crippen LogP contribution in [0, 0.1) is 17.8 Å². The maximum atomic E-state index is 6.09. The van der Waals surface area contributed by atoms with E-state index in [1.807, 2.05) is 30.3 Å². The molecule has 104 valence electrons. The number of nitrogen functional groups attached to an aromatic ring is 1. The monoisotopic (exact) mass is 268 g/mol. The molecule has 2 aliphatic carbocycles. The van der Waals surface area contributed by atoms with Crippen LogP contribution in [0.3, 0.4) is 0 Å². The Balaban J connectivity index is 1.55. The maximum absolute atomic E-state index is 6.09. The number of pyridine rings is 1. The number of ether oxygens (including phenoxy) is 1. The first-order chi connectivity index (χ1) is 9.79. The topological polar surface area (TPSA) is 48.1 Å². The van der Waals surface area contributed by atoms with Gasteiger partial charge >= 0.3 is 0 Å². The number of nitrogens with two attached hydrogens (primary N) is 1. The third-order valence-corrected chi connectivity index (χ3v) is 5.04. The molecule has 2 aromatic rings. The van der Waals surface area contributed by atoms with E-state index in [0.717, 1.165) is 41.0 Å². The second-order valence-electron chi connectivity index (χ2n) is 6.31. The Morgan fingerprint density at radius 3 is 2.90 bits per heavy atom. The minimum atomic E-state index is 0.550. The van der Waals surface area contributed by atoms with E-state index in [4.69, 9.17) is 10.5 Å². The Morgan fingerprint density at radius 1 is 1.15 bits per heavy atom. The lowest BCUT2D eigenvalue weighted by atomic mass is 9.89. The Kier molecular flexibility index (Phi) is 2.79. The van der Waals surface area contributed by atoms with Crippen molar-refractivity contribution in [2.24, 2.45) is 17.8 Å². The number of benzene rings is 1. The van der Waals surface area contributed by atoms with Crippen LogP contribution >= 0.6 is 0 Å². The second kappa shape index (κ2) is 4.65. The molecular weight excluding hydrogens is 248 g/mol. The average Bonchev–Trinajstić information content (AvgIpc) is 3.07. The van der Waals surface area contributed by atoms with Crippen LogP contribution in [-0.2, 0) is 0 Å². The van der Waals surface area contributed by atoms with Gasteiger partial charge in [-0.2, -0.15) is 0 Å². The molecule has 2 N–H and O–H groups in total. The predicted molar refractivity (Wildman–Crippen MR) is 80.6 cm³/mol. The van der Waals surface area contributed by atoms with Gasteiger partial charge in [-0.3, -0.25) is 0 Å². The second-order valence-corrected chi connectivity index (χ2v) is 6.31. The summed E-state index contributed by atoms with van der Waals surface area (Å²) >= 11 is 0. The number of para-hydroxylation sites is 1. The van der Waals surface area contributed by atoms with Crippen LogP contribution in [0.15, 0.2) is 30.3 Å². The molecule has 3 nitrogen and oxygen atoms in total. The highest BCUT2D eigenvalue weighted by molar-refractivity contribution is 5.85. The van der Waals surface area contributed by atoms with E-state index in [1.165, 1.54) is 25.7 Å². The average molecular weight is 268 g/mol. The van der Waals surface area contributed by atoms with E-state index in [0.29, 0.717) is 5.82 Å². The summed E-state index contributed by atoms with van der Waals surface area (Å²) in [4.78, 5) is 4.42. The molecule has 0 saturated heterocycles. The van der Waals surface area contributed by atoms with Crippen LogP contribution in [0.1, 0.15) is 25.7 Å². The van der Waals surface area contributed by atoms with Gasteiger partial charge in [-0.15, -0.1) is 0 Å². The van der Waals surface area contributed by atoms with Gasteiger partial charge in [0.1, 0.15) is 17.1 Å². The van der Waals surface area contributed by atoms with Crippen molar-refractivity contribution in [3.05, 3.63) is 30.3 Å². The molecule has 1 aromatic carbocycles. The Bertz CT molecular complexity index is 640. The fourth-order valence-corrected chi connectivity index (χ4v) is 4.03. The van der Waals surface area contributed by atoms with E-state index >= 15 is 0 Å². The molecule has 2 fully saturated rings. The fourth-order valence-electron chi connectivity index (χ4n) is 4.03. The first-order valence-electron chi connectivity index (χ1n) is 7.57. The normalized spacial score (nSPS) is 28.1. The lowest BCUT2D eigenvalue weighted by Crippen LogP contribution is -2.18. The highest BCUT2D eigenvalue weighted by Gasteiger charge is 2.39. The number of rotatable bonds is 3. The zero-order valence-electron chi connectivity index (χ0n) is 11.6. The molecule has 0 aliphatic heterocycles. The molecule has 0 radical (unpaired) electrons. The summed E-state index contributed by atoms with van der Waals surface area (Å²) in [5, 5.41) is 1.09. The molecule has 2 saturated carbocycles. The number of fused-ring (bicyclic) bond motifs is 3. The molecule has 3 atom stereocenters. The van der Waals surface area contributed by atoms with Crippen molar-refractivity contribution < 1.29 is 4.74 Å². The van der Waals surface area contributed by atoms with Crippen molar-refractivity contribution in [1.82, 2.24) is 4.98 Å². The van der Waals surface area contributed by atoms with Gasteiger partial charge in [-0.1, -0.05) is 18.6 Å². The summed E-state index contributed by atoms with van der Waals surface area (Å²) in [6.07, 6.45) is 5.62. The molecule has 2 aliphatic rings. The standard InChI is InChI=1S/C17H20N2O/c18-16-7-6-12-2-1-3-15(17(12)19-16)20-10-14-9-11-4-5-13(14)8-11/h1-3,6-7,11,13-14H,4-5,8-10H2,(H2,18,19)/t11-,13-,14?/m0/s1. The number of hydrogen-bond donors (Lipinski definition) is 1. The molecule has 3 heteroatoms. The summed E-state index contributed by atoms with van der Waals surface area (Å²) in [6, 6.07) is 9.91. The molecule has 0 spiro atoms. The van der Waals surface area contributed by atoms with Crippen LogP contribution in [0.2, 0.25) is 0 Å². The molecule has 1 unspecified atom stereocenters. The van der Waals surface area contributed by atoms with Crippen molar-refractivity contribution in [2.45, 2.75) is 25.7 Å². The molecule has 0 amide bonds. The Hall–Kier alpha value is -1.77. The molecular formula is C17H20N2O. The summed E-state index contributed by atoms with van der Waals surface area (Å²) in [5.41, 5.74) is 6.68. The largest absolute Gasteiger partial charge is 0.491 e. The van der Waals surface area contributed by atoms with Gasteiger partial charge in [0, 0.05) is 5.39 Å². The molecule has 2 bridgehead atoms. The Labute approximate surface area is 119 Å². The third-order valence-electron chi connectivity index (χ3n) is 5.04. The van der Waals surface area contributed by atoms with Crippen molar-refractivity contribution in [3.63, 3.8) is 0 Å². The van der Waals surface area contributed by atoms with E-state index in [1.54, 1.807) is 0 Å². The number of anilines is 1. The van der Waals surface area contributed by atoms with Gasteiger partial charge in [0.05, 0.1) is 6.61 Å². The van der Waals surface area contributed by atoms with Gasteiger partial charge in [0.25, 0.3) is 0 Å². The maximum Gasteiger partial charge on any atom is 0.145 e. The number of nitrogens with zero attached hydrogens (tertiary/aromatic N) is 1. The van der Waals surface area contributed by atoms with Crippen molar-refractivity contribution >= 4 is 16.7 Å². The lowest BCUT2D eigenvalue weighted by Gasteiger charge is -2.22. The summed E-state index contributed by atoms with van der Waals surface area (Å²) in [7, 11) is 0. The van der Waals surface area contributed by atoms with E-state index < -0.39 is 0 Å². The van der Waals surface area contributed by atoms with Crippen LogP contribution < -0.4 is 10.5 Å². The highest BCUT2D eigenvalue weighted by atomic mass is 16.5. The van der Waals surface area contributed by atoms with Crippen molar-refractivity contribution in [3.8, 4) is 5.75 Å².